The van der Waals surface area contributed by atoms with Crippen molar-refractivity contribution in [3.05, 3.63) is 17.5 Å². The summed E-state index contributed by atoms with van der Waals surface area (Å²) in [6.07, 6.45) is 1.31. The fourth-order valence-corrected chi connectivity index (χ4v) is 1.09. The fourth-order valence-electron chi connectivity index (χ4n) is 1.09. The van der Waals surface area contributed by atoms with Crippen LogP contribution in [0.3, 0.4) is 0 Å². The van der Waals surface area contributed by atoms with Crippen LogP contribution in [0.4, 0.5) is 5.69 Å². The van der Waals surface area contributed by atoms with E-state index in [1.165, 1.54) is 13.3 Å². The maximum atomic E-state index is 11.3. The lowest BCUT2D eigenvalue weighted by molar-refractivity contribution is 0.0521. The molecule has 6 nitrogen and oxygen atoms in total. The van der Waals surface area contributed by atoms with Crippen molar-refractivity contribution in [3.63, 3.8) is 0 Å². The molecule has 0 fully saturated rings. The molecule has 0 saturated carbocycles. The summed E-state index contributed by atoms with van der Waals surface area (Å²) in [4.78, 5) is 25.0. The zero-order chi connectivity index (χ0) is 11.4. The average molecular weight is 212 g/mol. The molecule has 0 amide bonds. The largest absolute Gasteiger partial charge is 0.465 e. The Bertz CT molecular complexity index is 383. The van der Waals surface area contributed by atoms with E-state index < -0.39 is 11.9 Å². The van der Waals surface area contributed by atoms with Crippen LogP contribution in [-0.2, 0) is 9.47 Å². The Labute approximate surface area is 86.4 Å². The molecule has 0 bridgehead atoms. The van der Waals surface area contributed by atoms with E-state index in [0.29, 0.717) is 0 Å². The van der Waals surface area contributed by atoms with Crippen LogP contribution in [0.25, 0.3) is 0 Å². The van der Waals surface area contributed by atoms with Crippen LogP contribution < -0.4 is 5.73 Å². The first kappa shape index (κ1) is 11.1. The number of hydrogen-bond acceptors (Lipinski definition) is 5. The van der Waals surface area contributed by atoms with E-state index >= 15 is 0 Å². The summed E-state index contributed by atoms with van der Waals surface area (Å²) in [6, 6.07) is 0. The highest BCUT2D eigenvalue weighted by Gasteiger charge is 2.20. The standard InChI is InChI=1S/C9H12N2O4/c1-3-15-9(13)7-6(10)5(4-11-7)8(12)14-2/h4,11H,3,10H2,1-2H3. The van der Waals surface area contributed by atoms with E-state index in [2.05, 4.69) is 9.72 Å². The lowest BCUT2D eigenvalue weighted by Crippen LogP contribution is -2.09. The van der Waals surface area contributed by atoms with Gasteiger partial charge in [0.05, 0.1) is 19.4 Å². The molecular formula is C9H12N2O4. The second-order valence-corrected chi connectivity index (χ2v) is 2.70. The summed E-state index contributed by atoms with van der Waals surface area (Å²) in [6.45, 7) is 1.92. The predicted octanol–water partition coefficient (Wildman–Crippen LogP) is 0.560. The van der Waals surface area contributed by atoms with Gasteiger partial charge >= 0.3 is 11.9 Å². The van der Waals surface area contributed by atoms with Gasteiger partial charge in [0.25, 0.3) is 0 Å². The van der Waals surface area contributed by atoms with E-state index in [-0.39, 0.29) is 23.6 Å². The van der Waals surface area contributed by atoms with Gasteiger partial charge in [-0.25, -0.2) is 9.59 Å². The number of methoxy groups -OCH3 is 1. The Morgan fingerprint density at radius 1 is 1.47 bits per heavy atom. The molecule has 1 heterocycles. The van der Waals surface area contributed by atoms with Gasteiger partial charge in [-0.15, -0.1) is 0 Å². The van der Waals surface area contributed by atoms with Crippen molar-refractivity contribution in [3.8, 4) is 0 Å². The monoisotopic (exact) mass is 212 g/mol. The van der Waals surface area contributed by atoms with Gasteiger partial charge < -0.3 is 20.2 Å². The highest BCUT2D eigenvalue weighted by Crippen LogP contribution is 2.18. The lowest BCUT2D eigenvalue weighted by Gasteiger charge is -2.00. The van der Waals surface area contributed by atoms with Crippen molar-refractivity contribution in [1.82, 2.24) is 4.98 Å². The number of aromatic nitrogens is 1. The van der Waals surface area contributed by atoms with Crippen molar-refractivity contribution in [2.75, 3.05) is 19.5 Å². The second kappa shape index (κ2) is 4.50. The quantitative estimate of drug-likeness (QED) is 0.714. The molecule has 0 saturated heterocycles. The predicted molar refractivity (Wildman–Crippen MR) is 52.5 cm³/mol. The summed E-state index contributed by atoms with van der Waals surface area (Å²) in [5.74, 6) is -1.19. The van der Waals surface area contributed by atoms with Gasteiger partial charge in [0.1, 0.15) is 11.3 Å². The van der Waals surface area contributed by atoms with Gasteiger partial charge in [-0.3, -0.25) is 0 Å². The van der Waals surface area contributed by atoms with E-state index in [1.54, 1.807) is 6.92 Å². The van der Waals surface area contributed by atoms with Crippen LogP contribution in [0.1, 0.15) is 27.8 Å². The Morgan fingerprint density at radius 3 is 2.67 bits per heavy atom. The molecule has 0 atom stereocenters. The molecule has 0 radical (unpaired) electrons. The van der Waals surface area contributed by atoms with Crippen molar-refractivity contribution >= 4 is 17.6 Å². The van der Waals surface area contributed by atoms with Gasteiger partial charge in [-0.2, -0.15) is 0 Å². The molecule has 1 aromatic rings. The summed E-state index contributed by atoms with van der Waals surface area (Å²) in [5, 5.41) is 0. The van der Waals surface area contributed by atoms with Gasteiger partial charge in [-0.05, 0) is 6.92 Å². The van der Waals surface area contributed by atoms with Gasteiger partial charge in [-0.1, -0.05) is 0 Å². The van der Waals surface area contributed by atoms with Crippen LogP contribution in [0.15, 0.2) is 6.20 Å². The van der Waals surface area contributed by atoms with E-state index in [1.807, 2.05) is 0 Å². The van der Waals surface area contributed by atoms with Gasteiger partial charge in [0.15, 0.2) is 0 Å². The van der Waals surface area contributed by atoms with Crippen LogP contribution in [0.5, 0.6) is 0 Å². The average Bonchev–Trinajstić information content (AvgIpc) is 2.59. The minimum atomic E-state index is -0.598. The molecule has 1 aromatic heterocycles. The molecule has 15 heavy (non-hydrogen) atoms. The summed E-state index contributed by atoms with van der Waals surface area (Å²) >= 11 is 0. The number of anilines is 1. The molecular weight excluding hydrogens is 200 g/mol. The topological polar surface area (TPSA) is 94.4 Å². The number of esters is 2. The molecule has 0 aliphatic carbocycles. The molecule has 0 aliphatic heterocycles. The minimum Gasteiger partial charge on any atom is -0.465 e. The molecule has 1 rings (SSSR count). The highest BCUT2D eigenvalue weighted by molar-refractivity contribution is 6.02. The molecule has 0 unspecified atom stereocenters. The maximum absolute atomic E-state index is 11.3. The molecule has 0 aliphatic rings. The third kappa shape index (κ3) is 2.09. The Hall–Kier alpha value is -1.98. The molecule has 0 aromatic carbocycles. The number of nitrogens with two attached hydrogens (primary N) is 1. The molecule has 3 N–H and O–H groups in total. The Balaban J connectivity index is 2.98. The number of carbonyl (C=O) groups excluding carboxylic acids is 2. The Kier molecular flexibility index (Phi) is 3.33. The fraction of sp³-hybridized carbons (Fsp3) is 0.333. The number of nitrogen functional groups attached to an aromatic ring is 1. The second-order valence-electron chi connectivity index (χ2n) is 2.70. The SMILES string of the molecule is CCOC(=O)c1[nH]cc(C(=O)OC)c1N. The summed E-state index contributed by atoms with van der Waals surface area (Å²) < 4.78 is 9.21. The van der Waals surface area contributed by atoms with Crippen molar-refractivity contribution in [2.24, 2.45) is 0 Å². The normalized spacial score (nSPS) is 9.73. The van der Waals surface area contributed by atoms with Crippen LogP contribution in [0, 0.1) is 0 Å². The number of nitrogens with one attached hydrogen (secondary N) is 1. The van der Waals surface area contributed by atoms with Crippen molar-refractivity contribution < 1.29 is 19.1 Å². The smallest absolute Gasteiger partial charge is 0.356 e. The Morgan fingerprint density at radius 2 is 2.13 bits per heavy atom. The van der Waals surface area contributed by atoms with Crippen LogP contribution in [-0.4, -0.2) is 30.6 Å². The zero-order valence-corrected chi connectivity index (χ0v) is 8.49. The van der Waals surface area contributed by atoms with E-state index in [0.717, 1.165) is 0 Å². The minimum absolute atomic E-state index is 0.0419. The summed E-state index contributed by atoms with van der Waals surface area (Å²) in [7, 11) is 1.23. The van der Waals surface area contributed by atoms with Crippen molar-refractivity contribution in [2.45, 2.75) is 6.92 Å². The lowest BCUT2D eigenvalue weighted by atomic mass is 10.2. The van der Waals surface area contributed by atoms with Crippen molar-refractivity contribution in [1.29, 1.82) is 0 Å². The van der Waals surface area contributed by atoms with Gasteiger partial charge in [0, 0.05) is 6.20 Å². The first-order valence-electron chi connectivity index (χ1n) is 4.34. The first-order valence-corrected chi connectivity index (χ1v) is 4.34. The highest BCUT2D eigenvalue weighted by atomic mass is 16.5. The van der Waals surface area contributed by atoms with E-state index in [4.69, 9.17) is 10.5 Å². The third-order valence-electron chi connectivity index (χ3n) is 1.81. The molecule has 0 spiro atoms. The number of ether oxygens (including phenoxy) is 2. The maximum Gasteiger partial charge on any atom is 0.356 e. The number of H-pyrrole nitrogens is 1. The number of hydrogen-bond donors (Lipinski definition) is 2. The number of aromatic amines is 1. The summed E-state index contributed by atoms with van der Waals surface area (Å²) in [5.41, 5.74) is 5.81. The zero-order valence-electron chi connectivity index (χ0n) is 8.49. The third-order valence-corrected chi connectivity index (χ3v) is 1.81. The van der Waals surface area contributed by atoms with E-state index in [9.17, 15) is 9.59 Å². The van der Waals surface area contributed by atoms with Crippen LogP contribution in [0.2, 0.25) is 0 Å². The molecule has 6 heteroatoms. The van der Waals surface area contributed by atoms with Gasteiger partial charge in [0.2, 0.25) is 0 Å². The number of rotatable bonds is 3. The first-order chi connectivity index (χ1) is 7.11. The number of carbonyl (C=O) groups is 2. The molecule has 82 valence electrons. The van der Waals surface area contributed by atoms with Crippen LogP contribution >= 0.6 is 0 Å².